The van der Waals surface area contributed by atoms with Gasteiger partial charge in [-0.05, 0) is 25.7 Å². The average Bonchev–Trinajstić information content (AvgIpc) is 2.33. The minimum absolute atomic E-state index is 0.245. The number of carbonyl (C=O) groups excluding carboxylic acids is 1. The number of likely N-dealkylation sites (tertiary alicyclic amines) is 1. The largest absolute Gasteiger partial charge is 0.342 e. The second-order valence-corrected chi connectivity index (χ2v) is 5.09. The normalized spacial score (nSPS) is 18.6. The van der Waals surface area contributed by atoms with E-state index in [0.717, 1.165) is 38.8 Å². The molecule has 0 saturated carbocycles. The molecule has 0 aromatic heterocycles. The van der Waals surface area contributed by atoms with Gasteiger partial charge in [0.05, 0.1) is 6.54 Å². The number of likely N-dealkylation sites (N-methyl/N-ethyl adjacent to an activating group) is 1. The highest BCUT2D eigenvalue weighted by molar-refractivity contribution is 5.78. The topological polar surface area (TPSA) is 49.6 Å². The van der Waals surface area contributed by atoms with Gasteiger partial charge >= 0.3 is 0 Å². The molecular weight excluding hydrogens is 214 g/mol. The van der Waals surface area contributed by atoms with Crippen molar-refractivity contribution in [2.24, 2.45) is 5.73 Å². The predicted octanol–water partition coefficient (Wildman–Crippen LogP) is 1.06. The lowest BCUT2D eigenvalue weighted by atomic mass is 10.1. The Labute approximate surface area is 105 Å². The Hall–Kier alpha value is -0.610. The molecule has 0 radical (unpaired) electrons. The Balaban J connectivity index is 2.37. The van der Waals surface area contributed by atoms with Crippen LogP contribution in [0.2, 0.25) is 0 Å². The fourth-order valence-corrected chi connectivity index (χ4v) is 2.45. The Morgan fingerprint density at radius 2 is 1.88 bits per heavy atom. The van der Waals surface area contributed by atoms with Gasteiger partial charge in [-0.25, -0.2) is 0 Å². The molecule has 0 aromatic rings. The molecule has 0 atom stereocenters. The quantitative estimate of drug-likeness (QED) is 0.783. The van der Waals surface area contributed by atoms with E-state index in [0.29, 0.717) is 18.6 Å². The molecule has 17 heavy (non-hydrogen) atoms. The van der Waals surface area contributed by atoms with Crippen LogP contribution in [0.1, 0.15) is 39.5 Å². The van der Waals surface area contributed by atoms with Crippen molar-refractivity contribution in [2.45, 2.75) is 51.6 Å². The highest BCUT2D eigenvalue weighted by atomic mass is 16.2. The lowest BCUT2D eigenvalue weighted by Crippen LogP contribution is -2.47. The number of piperidine rings is 1. The standard InChI is InChI=1S/C13H27N3O/c1-4-12(5-2)15(3)13(17)10-16-8-6-11(14)7-9-16/h11-12H,4-10,14H2,1-3H3. The molecule has 0 spiro atoms. The molecule has 1 aliphatic rings. The summed E-state index contributed by atoms with van der Waals surface area (Å²) in [6, 6.07) is 0.715. The van der Waals surface area contributed by atoms with Crippen molar-refractivity contribution in [1.29, 1.82) is 0 Å². The molecule has 1 rings (SSSR count). The summed E-state index contributed by atoms with van der Waals surface area (Å²) in [5.41, 5.74) is 5.86. The van der Waals surface area contributed by atoms with Crippen molar-refractivity contribution in [1.82, 2.24) is 9.80 Å². The first-order valence-corrected chi connectivity index (χ1v) is 6.82. The molecule has 0 unspecified atom stereocenters. The van der Waals surface area contributed by atoms with Crippen LogP contribution >= 0.6 is 0 Å². The first kappa shape index (κ1) is 14.5. The Bertz CT molecular complexity index is 233. The SMILES string of the molecule is CCC(CC)N(C)C(=O)CN1CCC(N)CC1. The van der Waals surface area contributed by atoms with Crippen molar-refractivity contribution in [3.63, 3.8) is 0 Å². The number of hydrogen-bond donors (Lipinski definition) is 1. The van der Waals surface area contributed by atoms with Crippen LogP contribution in [-0.2, 0) is 4.79 Å². The minimum Gasteiger partial charge on any atom is -0.342 e. The summed E-state index contributed by atoms with van der Waals surface area (Å²) < 4.78 is 0. The molecule has 100 valence electrons. The third-order valence-electron chi connectivity index (χ3n) is 3.87. The van der Waals surface area contributed by atoms with Gasteiger partial charge in [-0.15, -0.1) is 0 Å². The predicted molar refractivity (Wildman–Crippen MR) is 70.8 cm³/mol. The van der Waals surface area contributed by atoms with Crippen LogP contribution in [0, 0.1) is 0 Å². The number of rotatable bonds is 5. The third kappa shape index (κ3) is 4.28. The summed E-state index contributed by atoms with van der Waals surface area (Å²) >= 11 is 0. The molecule has 4 heteroatoms. The molecule has 1 saturated heterocycles. The summed E-state index contributed by atoms with van der Waals surface area (Å²) in [5.74, 6) is 0.245. The molecule has 1 heterocycles. The number of hydrogen-bond acceptors (Lipinski definition) is 3. The van der Waals surface area contributed by atoms with Crippen LogP contribution in [0.4, 0.5) is 0 Å². The molecule has 2 N–H and O–H groups in total. The van der Waals surface area contributed by atoms with Gasteiger partial charge in [0.2, 0.25) is 5.91 Å². The molecule has 0 aliphatic carbocycles. The van der Waals surface area contributed by atoms with Crippen LogP contribution in [-0.4, -0.2) is 54.5 Å². The summed E-state index contributed by atoms with van der Waals surface area (Å²) in [4.78, 5) is 16.2. The first-order valence-electron chi connectivity index (χ1n) is 6.82. The van der Waals surface area contributed by atoms with Gasteiger partial charge in [0, 0.05) is 32.2 Å². The zero-order chi connectivity index (χ0) is 12.8. The first-order chi connectivity index (χ1) is 8.08. The maximum Gasteiger partial charge on any atom is 0.236 e. The second kappa shape index (κ2) is 6.97. The van der Waals surface area contributed by atoms with Gasteiger partial charge in [-0.3, -0.25) is 9.69 Å². The zero-order valence-electron chi connectivity index (χ0n) is 11.5. The van der Waals surface area contributed by atoms with E-state index in [-0.39, 0.29) is 5.91 Å². The van der Waals surface area contributed by atoms with Crippen LogP contribution in [0.15, 0.2) is 0 Å². The van der Waals surface area contributed by atoms with Gasteiger partial charge in [0.15, 0.2) is 0 Å². The van der Waals surface area contributed by atoms with E-state index in [1.807, 2.05) is 11.9 Å². The van der Waals surface area contributed by atoms with E-state index < -0.39 is 0 Å². The molecule has 1 fully saturated rings. The second-order valence-electron chi connectivity index (χ2n) is 5.09. The van der Waals surface area contributed by atoms with Gasteiger partial charge in [-0.2, -0.15) is 0 Å². The van der Waals surface area contributed by atoms with Crippen LogP contribution in [0.5, 0.6) is 0 Å². The van der Waals surface area contributed by atoms with Crippen LogP contribution in [0.25, 0.3) is 0 Å². The Morgan fingerprint density at radius 3 is 2.35 bits per heavy atom. The number of amides is 1. The average molecular weight is 241 g/mol. The molecule has 0 bridgehead atoms. The molecule has 0 aromatic carbocycles. The Kier molecular flexibility index (Phi) is 5.92. The van der Waals surface area contributed by atoms with Gasteiger partial charge in [0.1, 0.15) is 0 Å². The van der Waals surface area contributed by atoms with E-state index in [1.165, 1.54) is 0 Å². The van der Waals surface area contributed by atoms with E-state index in [2.05, 4.69) is 18.7 Å². The van der Waals surface area contributed by atoms with Crippen LogP contribution < -0.4 is 5.73 Å². The highest BCUT2D eigenvalue weighted by Crippen LogP contribution is 2.10. The van der Waals surface area contributed by atoms with Gasteiger partial charge < -0.3 is 10.6 Å². The van der Waals surface area contributed by atoms with Gasteiger partial charge in [0.25, 0.3) is 0 Å². The number of carbonyl (C=O) groups is 1. The summed E-state index contributed by atoms with van der Waals surface area (Å²) in [6.07, 6.45) is 4.09. The van der Waals surface area contributed by atoms with Crippen molar-refractivity contribution < 1.29 is 4.79 Å². The van der Waals surface area contributed by atoms with E-state index in [9.17, 15) is 4.79 Å². The highest BCUT2D eigenvalue weighted by Gasteiger charge is 2.22. The fourth-order valence-electron chi connectivity index (χ4n) is 2.45. The van der Waals surface area contributed by atoms with E-state index >= 15 is 0 Å². The molecule has 1 aliphatic heterocycles. The zero-order valence-corrected chi connectivity index (χ0v) is 11.5. The maximum atomic E-state index is 12.1. The van der Waals surface area contributed by atoms with Crippen molar-refractivity contribution in [3.05, 3.63) is 0 Å². The maximum absolute atomic E-state index is 12.1. The summed E-state index contributed by atoms with van der Waals surface area (Å²) in [7, 11) is 1.93. The molecule has 1 amide bonds. The van der Waals surface area contributed by atoms with Gasteiger partial charge in [-0.1, -0.05) is 13.8 Å². The van der Waals surface area contributed by atoms with E-state index in [4.69, 9.17) is 5.73 Å². The lowest BCUT2D eigenvalue weighted by molar-refractivity contribution is -0.133. The van der Waals surface area contributed by atoms with Crippen LogP contribution in [0.3, 0.4) is 0 Å². The molecular formula is C13H27N3O. The third-order valence-corrected chi connectivity index (χ3v) is 3.87. The number of nitrogens with two attached hydrogens (primary N) is 1. The van der Waals surface area contributed by atoms with E-state index in [1.54, 1.807) is 0 Å². The lowest BCUT2D eigenvalue weighted by Gasteiger charge is -2.33. The number of nitrogens with zero attached hydrogens (tertiary/aromatic N) is 2. The smallest absolute Gasteiger partial charge is 0.236 e. The van der Waals surface area contributed by atoms with Crippen molar-refractivity contribution >= 4 is 5.91 Å². The van der Waals surface area contributed by atoms with Crippen molar-refractivity contribution in [3.8, 4) is 0 Å². The molecule has 4 nitrogen and oxygen atoms in total. The Morgan fingerprint density at radius 1 is 1.35 bits per heavy atom. The monoisotopic (exact) mass is 241 g/mol. The minimum atomic E-state index is 0.245. The summed E-state index contributed by atoms with van der Waals surface area (Å²) in [6.45, 7) is 6.75. The fraction of sp³-hybridized carbons (Fsp3) is 0.923. The summed E-state index contributed by atoms with van der Waals surface area (Å²) in [5, 5.41) is 0. The van der Waals surface area contributed by atoms with Crippen molar-refractivity contribution in [2.75, 3.05) is 26.7 Å².